The van der Waals surface area contributed by atoms with Crippen LogP contribution in [-0.2, 0) is 6.54 Å². The van der Waals surface area contributed by atoms with Crippen molar-refractivity contribution in [2.45, 2.75) is 25.5 Å². The third kappa shape index (κ3) is 4.91. The molecule has 2 N–H and O–H groups in total. The second kappa shape index (κ2) is 9.89. The van der Waals surface area contributed by atoms with Crippen LogP contribution in [0.3, 0.4) is 0 Å². The Labute approximate surface area is 207 Å². The molecule has 0 bridgehead atoms. The Hall–Kier alpha value is -3.69. The van der Waals surface area contributed by atoms with Crippen LogP contribution in [0, 0.1) is 0 Å². The van der Waals surface area contributed by atoms with Gasteiger partial charge < -0.3 is 20.1 Å². The molecule has 35 heavy (non-hydrogen) atoms. The van der Waals surface area contributed by atoms with E-state index in [0.29, 0.717) is 16.9 Å². The maximum atomic E-state index is 13.5. The lowest BCUT2D eigenvalue weighted by atomic mass is 10.1. The molecular formula is C25H25ClN6O3. The number of rotatable bonds is 6. The van der Waals surface area contributed by atoms with Crippen molar-refractivity contribution in [1.29, 1.82) is 0 Å². The molecule has 1 saturated heterocycles. The molecular weight excluding hydrogens is 468 g/mol. The SMILES string of the molecule is COc1ccc(Cn2c(Cl)nc3nccc(Nc4ccc(N5CCC(O)CC5)cn4)c3c2=O)cc1. The lowest BCUT2D eigenvalue weighted by Gasteiger charge is -2.31. The molecule has 4 heterocycles. The lowest BCUT2D eigenvalue weighted by molar-refractivity contribution is 0.145. The van der Waals surface area contributed by atoms with Crippen molar-refractivity contribution in [1.82, 2.24) is 19.5 Å². The van der Waals surface area contributed by atoms with E-state index in [-0.39, 0.29) is 29.1 Å². The van der Waals surface area contributed by atoms with E-state index in [1.165, 1.54) is 4.57 Å². The van der Waals surface area contributed by atoms with Crippen LogP contribution in [0.5, 0.6) is 5.75 Å². The fourth-order valence-electron chi connectivity index (χ4n) is 4.18. The molecule has 0 spiro atoms. The number of halogens is 1. The Balaban J connectivity index is 1.43. The normalized spacial score (nSPS) is 14.3. The fourth-order valence-corrected chi connectivity index (χ4v) is 4.39. The highest BCUT2D eigenvalue weighted by Crippen LogP contribution is 2.25. The minimum Gasteiger partial charge on any atom is -0.497 e. The summed E-state index contributed by atoms with van der Waals surface area (Å²) in [6.07, 6.45) is 4.65. The number of fused-ring (bicyclic) bond motifs is 1. The molecule has 0 unspecified atom stereocenters. The van der Waals surface area contributed by atoms with Gasteiger partial charge in [0.25, 0.3) is 5.56 Å². The van der Waals surface area contributed by atoms with E-state index in [9.17, 15) is 9.90 Å². The topological polar surface area (TPSA) is 105 Å². The van der Waals surface area contributed by atoms with E-state index in [1.54, 1.807) is 25.6 Å². The molecule has 0 aliphatic carbocycles. The quantitative estimate of drug-likeness (QED) is 0.393. The highest BCUT2D eigenvalue weighted by Gasteiger charge is 2.18. The number of anilines is 3. The minimum absolute atomic E-state index is 0.0668. The summed E-state index contributed by atoms with van der Waals surface area (Å²) >= 11 is 6.36. The summed E-state index contributed by atoms with van der Waals surface area (Å²) in [7, 11) is 1.60. The molecule has 180 valence electrons. The molecule has 4 aromatic rings. The Morgan fingerprint density at radius 2 is 1.89 bits per heavy atom. The Morgan fingerprint density at radius 1 is 1.11 bits per heavy atom. The van der Waals surface area contributed by atoms with Gasteiger partial charge in [-0.3, -0.25) is 9.36 Å². The molecule has 3 aromatic heterocycles. The third-order valence-electron chi connectivity index (χ3n) is 6.15. The summed E-state index contributed by atoms with van der Waals surface area (Å²) in [5.74, 6) is 1.32. The lowest BCUT2D eigenvalue weighted by Crippen LogP contribution is -2.35. The van der Waals surface area contributed by atoms with Crippen LogP contribution in [-0.4, -0.2) is 50.9 Å². The van der Waals surface area contributed by atoms with Gasteiger partial charge >= 0.3 is 0 Å². The molecule has 1 fully saturated rings. The zero-order valence-corrected chi connectivity index (χ0v) is 19.9. The van der Waals surface area contributed by atoms with Gasteiger partial charge in [-0.15, -0.1) is 0 Å². The number of aliphatic hydroxyl groups is 1. The predicted molar refractivity (Wildman–Crippen MR) is 136 cm³/mol. The van der Waals surface area contributed by atoms with Crippen LogP contribution < -0.4 is 20.5 Å². The summed E-state index contributed by atoms with van der Waals surface area (Å²) in [5.41, 5.74) is 2.40. The molecule has 5 rings (SSSR count). The molecule has 9 nitrogen and oxygen atoms in total. The first-order chi connectivity index (χ1) is 17.0. The highest BCUT2D eigenvalue weighted by atomic mass is 35.5. The molecule has 1 aromatic carbocycles. The highest BCUT2D eigenvalue weighted by molar-refractivity contribution is 6.28. The van der Waals surface area contributed by atoms with Crippen LogP contribution in [0.25, 0.3) is 11.0 Å². The first-order valence-corrected chi connectivity index (χ1v) is 11.7. The number of benzene rings is 1. The van der Waals surface area contributed by atoms with Crippen molar-refractivity contribution in [2.75, 3.05) is 30.4 Å². The minimum atomic E-state index is -0.296. The number of ether oxygens (including phenoxy) is 1. The number of nitrogens with one attached hydrogen (secondary N) is 1. The van der Waals surface area contributed by atoms with Crippen LogP contribution in [0.2, 0.25) is 5.28 Å². The van der Waals surface area contributed by atoms with Gasteiger partial charge in [0.05, 0.1) is 37.3 Å². The number of aliphatic hydroxyl groups excluding tert-OH is 1. The van der Waals surface area contributed by atoms with E-state index in [0.717, 1.165) is 42.9 Å². The Kier molecular flexibility index (Phi) is 6.52. The van der Waals surface area contributed by atoms with Crippen LogP contribution in [0.15, 0.2) is 59.7 Å². The van der Waals surface area contributed by atoms with Gasteiger partial charge in [0.15, 0.2) is 5.65 Å². The first kappa shape index (κ1) is 23.1. The second-order valence-corrected chi connectivity index (χ2v) is 8.76. The van der Waals surface area contributed by atoms with E-state index in [4.69, 9.17) is 16.3 Å². The number of piperidine rings is 1. The second-order valence-electron chi connectivity index (χ2n) is 8.42. The van der Waals surface area contributed by atoms with E-state index >= 15 is 0 Å². The average Bonchev–Trinajstić information content (AvgIpc) is 2.88. The van der Waals surface area contributed by atoms with Gasteiger partial charge in [-0.25, -0.2) is 9.97 Å². The average molecular weight is 493 g/mol. The first-order valence-electron chi connectivity index (χ1n) is 11.4. The van der Waals surface area contributed by atoms with Crippen LogP contribution in [0.1, 0.15) is 18.4 Å². The van der Waals surface area contributed by atoms with Gasteiger partial charge in [-0.1, -0.05) is 12.1 Å². The zero-order valence-electron chi connectivity index (χ0n) is 19.2. The number of hydrogen-bond acceptors (Lipinski definition) is 8. The number of aromatic nitrogens is 4. The van der Waals surface area contributed by atoms with Crippen molar-refractivity contribution in [3.05, 3.63) is 76.1 Å². The fraction of sp³-hybridized carbons (Fsp3) is 0.280. The maximum absolute atomic E-state index is 13.5. The molecule has 1 aliphatic heterocycles. The maximum Gasteiger partial charge on any atom is 0.266 e. The van der Waals surface area contributed by atoms with Gasteiger partial charge in [0.2, 0.25) is 5.28 Å². The largest absolute Gasteiger partial charge is 0.497 e. The van der Waals surface area contributed by atoms with E-state index in [1.807, 2.05) is 36.4 Å². The number of pyridine rings is 2. The summed E-state index contributed by atoms with van der Waals surface area (Å²) in [5, 5.41) is 13.4. The summed E-state index contributed by atoms with van der Waals surface area (Å²) in [6.45, 7) is 1.85. The predicted octanol–water partition coefficient (Wildman–Crippen LogP) is 3.60. The molecule has 10 heteroatoms. The van der Waals surface area contributed by atoms with Crippen molar-refractivity contribution in [2.24, 2.45) is 0 Å². The summed E-state index contributed by atoms with van der Waals surface area (Å²) < 4.78 is 6.62. The summed E-state index contributed by atoms with van der Waals surface area (Å²) in [6, 6.07) is 13.0. The summed E-state index contributed by atoms with van der Waals surface area (Å²) in [4.78, 5) is 28.8. The van der Waals surface area contributed by atoms with E-state index < -0.39 is 0 Å². The molecule has 0 amide bonds. The van der Waals surface area contributed by atoms with E-state index in [2.05, 4.69) is 25.2 Å². The Morgan fingerprint density at radius 3 is 2.57 bits per heavy atom. The van der Waals surface area contributed by atoms with Gasteiger partial charge in [-0.05, 0) is 60.3 Å². The van der Waals surface area contributed by atoms with Gasteiger partial charge in [0, 0.05) is 19.3 Å². The van der Waals surface area contributed by atoms with Gasteiger partial charge in [-0.2, -0.15) is 4.98 Å². The molecule has 0 saturated carbocycles. The Bertz CT molecular complexity index is 1380. The standard InChI is InChI=1S/C25H25ClN6O3/c1-35-19-5-2-16(3-6-19)15-32-24(34)22-20(8-11-27-23(22)30-25(32)26)29-21-7-4-17(14-28-21)31-12-9-18(33)10-13-31/h2-8,11,14,18,33H,9-10,12-13,15H2,1H3,(H,27,28,29). The number of nitrogens with zero attached hydrogens (tertiary/aromatic N) is 5. The van der Waals surface area contributed by atoms with Crippen molar-refractivity contribution in [3.8, 4) is 5.75 Å². The zero-order chi connectivity index (χ0) is 24.4. The molecule has 0 atom stereocenters. The van der Waals surface area contributed by atoms with Crippen LogP contribution >= 0.6 is 11.6 Å². The van der Waals surface area contributed by atoms with Crippen molar-refractivity contribution in [3.63, 3.8) is 0 Å². The van der Waals surface area contributed by atoms with Gasteiger partial charge in [0.1, 0.15) is 17.0 Å². The number of hydrogen-bond donors (Lipinski definition) is 2. The smallest absolute Gasteiger partial charge is 0.266 e. The van der Waals surface area contributed by atoms with Crippen LogP contribution in [0.4, 0.5) is 17.2 Å². The third-order valence-corrected chi connectivity index (χ3v) is 6.44. The molecule has 1 aliphatic rings. The van der Waals surface area contributed by atoms with Crippen molar-refractivity contribution < 1.29 is 9.84 Å². The molecule has 0 radical (unpaired) electrons. The monoisotopic (exact) mass is 492 g/mol. The van der Waals surface area contributed by atoms with Crippen molar-refractivity contribution >= 4 is 39.8 Å². The number of methoxy groups -OCH3 is 1.